The molecule has 0 aromatic heterocycles. The van der Waals surface area contributed by atoms with Crippen molar-refractivity contribution in [1.29, 1.82) is 0 Å². The lowest BCUT2D eigenvalue weighted by molar-refractivity contribution is -0.130. The topological polar surface area (TPSA) is 89.7 Å². The summed E-state index contributed by atoms with van der Waals surface area (Å²) in [5.41, 5.74) is 0.259. The highest BCUT2D eigenvalue weighted by Crippen LogP contribution is 2.23. The molecular weight excluding hydrogens is 306 g/mol. The van der Waals surface area contributed by atoms with E-state index in [-0.39, 0.29) is 22.6 Å². The summed E-state index contributed by atoms with van der Waals surface area (Å²) in [5, 5.41) is 5.01. The number of carbonyl (C=O) groups excluding carboxylic acids is 1. The molecule has 1 amide bonds. The van der Waals surface area contributed by atoms with Gasteiger partial charge in [0.15, 0.2) is 0 Å². The number of amides is 1. The van der Waals surface area contributed by atoms with Crippen molar-refractivity contribution in [2.75, 3.05) is 20.7 Å². The van der Waals surface area contributed by atoms with Gasteiger partial charge < -0.3 is 9.64 Å². The summed E-state index contributed by atoms with van der Waals surface area (Å²) in [6.07, 6.45) is -2.91. The van der Waals surface area contributed by atoms with E-state index in [1.54, 1.807) is 0 Å². The number of carbonyl (C=O) groups is 1. The van der Waals surface area contributed by atoms with Crippen molar-refractivity contribution in [3.05, 3.63) is 23.8 Å². The highest BCUT2D eigenvalue weighted by Gasteiger charge is 2.18. The van der Waals surface area contributed by atoms with Crippen molar-refractivity contribution in [3.63, 3.8) is 0 Å². The number of sulfonamides is 1. The van der Waals surface area contributed by atoms with E-state index in [0.717, 1.165) is 4.90 Å². The third kappa shape index (κ3) is 4.94. The standard InChI is InChI=1S/C12H16F2N2O4S/c1-16(7-11(13)14)12(17)6-8-5-9(21(15,18)19)3-4-10(8)20-2/h3-5,11H,6-7H2,1-2H3,(H2,15,18,19). The lowest BCUT2D eigenvalue weighted by Crippen LogP contribution is -2.32. The molecule has 0 aliphatic rings. The van der Waals surface area contributed by atoms with Gasteiger partial charge in [-0.2, -0.15) is 0 Å². The average Bonchev–Trinajstić information content (AvgIpc) is 2.36. The van der Waals surface area contributed by atoms with Crippen LogP contribution >= 0.6 is 0 Å². The second kappa shape index (κ2) is 6.81. The first kappa shape index (κ1) is 17.3. The molecule has 0 fully saturated rings. The maximum absolute atomic E-state index is 12.2. The maximum Gasteiger partial charge on any atom is 0.255 e. The molecule has 0 saturated carbocycles. The highest BCUT2D eigenvalue weighted by atomic mass is 32.2. The summed E-state index contributed by atoms with van der Waals surface area (Å²) in [5.74, 6) is -0.304. The lowest BCUT2D eigenvalue weighted by Gasteiger charge is -2.17. The summed E-state index contributed by atoms with van der Waals surface area (Å²) < 4.78 is 52.1. The number of likely N-dealkylation sites (N-methyl/N-ethyl adjacent to an activating group) is 1. The first-order chi connectivity index (χ1) is 9.65. The average molecular weight is 322 g/mol. The molecule has 21 heavy (non-hydrogen) atoms. The van der Waals surface area contributed by atoms with Crippen LogP contribution in [-0.2, 0) is 21.2 Å². The van der Waals surface area contributed by atoms with Crippen LogP contribution in [-0.4, -0.2) is 46.4 Å². The minimum atomic E-state index is -3.93. The summed E-state index contributed by atoms with van der Waals surface area (Å²) in [6, 6.07) is 3.79. The fourth-order valence-corrected chi connectivity index (χ4v) is 2.24. The molecule has 1 aromatic carbocycles. The summed E-state index contributed by atoms with van der Waals surface area (Å²) in [6.45, 7) is -0.698. The molecule has 2 N–H and O–H groups in total. The fraction of sp³-hybridized carbons (Fsp3) is 0.417. The number of methoxy groups -OCH3 is 1. The molecule has 9 heteroatoms. The van der Waals surface area contributed by atoms with Crippen LogP contribution in [0.15, 0.2) is 23.1 Å². The SMILES string of the molecule is COc1ccc(S(N)(=O)=O)cc1CC(=O)N(C)CC(F)F. The van der Waals surface area contributed by atoms with Gasteiger partial charge in [-0.3, -0.25) is 4.79 Å². The summed E-state index contributed by atoms with van der Waals surface area (Å²) >= 11 is 0. The van der Waals surface area contributed by atoms with Gasteiger partial charge in [0, 0.05) is 12.6 Å². The van der Waals surface area contributed by atoms with Crippen molar-refractivity contribution >= 4 is 15.9 Å². The van der Waals surface area contributed by atoms with Crippen LogP contribution in [0.1, 0.15) is 5.56 Å². The fourth-order valence-electron chi connectivity index (χ4n) is 1.68. The molecule has 0 unspecified atom stereocenters. The van der Waals surface area contributed by atoms with Gasteiger partial charge >= 0.3 is 0 Å². The highest BCUT2D eigenvalue weighted by molar-refractivity contribution is 7.89. The summed E-state index contributed by atoms with van der Waals surface area (Å²) in [4.78, 5) is 12.5. The molecular formula is C12H16F2N2O4S. The second-order valence-corrected chi connectivity index (χ2v) is 5.92. The Kier molecular flexibility index (Phi) is 5.62. The quantitative estimate of drug-likeness (QED) is 0.831. The van der Waals surface area contributed by atoms with Gasteiger partial charge in [0.1, 0.15) is 5.75 Å². The number of alkyl halides is 2. The van der Waals surface area contributed by atoms with Crippen LogP contribution < -0.4 is 9.88 Å². The number of hydrogen-bond acceptors (Lipinski definition) is 4. The number of halogens is 2. The van der Waals surface area contributed by atoms with Crippen LogP contribution in [0, 0.1) is 0 Å². The Morgan fingerprint density at radius 1 is 1.43 bits per heavy atom. The van der Waals surface area contributed by atoms with E-state index in [0.29, 0.717) is 0 Å². The van der Waals surface area contributed by atoms with Gasteiger partial charge in [-0.15, -0.1) is 0 Å². The van der Waals surface area contributed by atoms with E-state index < -0.39 is 28.9 Å². The predicted octanol–water partition coefficient (Wildman–Crippen LogP) is 0.609. The molecule has 0 bridgehead atoms. The lowest BCUT2D eigenvalue weighted by atomic mass is 10.1. The van der Waals surface area contributed by atoms with Crippen LogP contribution in [0.2, 0.25) is 0 Å². The molecule has 0 aliphatic heterocycles. The van der Waals surface area contributed by atoms with Crippen LogP contribution in [0.25, 0.3) is 0 Å². The predicted molar refractivity (Wildman–Crippen MR) is 71.7 cm³/mol. The Labute approximate surface area is 121 Å². The zero-order valence-electron chi connectivity index (χ0n) is 11.5. The smallest absolute Gasteiger partial charge is 0.255 e. The molecule has 0 radical (unpaired) electrons. The number of hydrogen-bond donors (Lipinski definition) is 1. The molecule has 0 spiro atoms. The summed E-state index contributed by atoms with van der Waals surface area (Å²) in [7, 11) is -1.34. The largest absolute Gasteiger partial charge is 0.496 e. The Hall–Kier alpha value is -1.74. The third-order valence-corrected chi connectivity index (χ3v) is 3.67. The minimum absolute atomic E-state index is 0.178. The molecule has 0 atom stereocenters. The van der Waals surface area contributed by atoms with Crippen LogP contribution in [0.4, 0.5) is 8.78 Å². The monoisotopic (exact) mass is 322 g/mol. The van der Waals surface area contributed by atoms with Gasteiger partial charge in [0.2, 0.25) is 15.9 Å². The van der Waals surface area contributed by atoms with E-state index in [2.05, 4.69) is 0 Å². The third-order valence-electron chi connectivity index (χ3n) is 2.76. The first-order valence-electron chi connectivity index (χ1n) is 5.87. The molecule has 0 heterocycles. The van der Waals surface area contributed by atoms with E-state index >= 15 is 0 Å². The van der Waals surface area contributed by atoms with Crippen molar-refractivity contribution in [3.8, 4) is 5.75 Å². The Bertz CT molecular complexity index is 620. The molecule has 118 valence electrons. The molecule has 1 rings (SSSR count). The Balaban J connectivity index is 3.03. The number of ether oxygens (including phenoxy) is 1. The molecule has 6 nitrogen and oxygen atoms in total. The number of nitrogens with zero attached hydrogens (tertiary/aromatic N) is 1. The second-order valence-electron chi connectivity index (χ2n) is 4.36. The Morgan fingerprint density at radius 2 is 2.05 bits per heavy atom. The normalized spacial score (nSPS) is 11.5. The van der Waals surface area contributed by atoms with Gasteiger partial charge in [0.25, 0.3) is 6.43 Å². The van der Waals surface area contributed by atoms with Gasteiger partial charge in [-0.25, -0.2) is 22.3 Å². The van der Waals surface area contributed by atoms with Crippen molar-refractivity contribution in [2.45, 2.75) is 17.7 Å². The Morgan fingerprint density at radius 3 is 2.52 bits per heavy atom. The van der Waals surface area contributed by atoms with Crippen molar-refractivity contribution in [2.24, 2.45) is 5.14 Å². The van der Waals surface area contributed by atoms with Crippen molar-refractivity contribution < 1.29 is 26.7 Å². The minimum Gasteiger partial charge on any atom is -0.496 e. The molecule has 0 saturated heterocycles. The number of nitrogens with two attached hydrogens (primary N) is 1. The van der Waals surface area contributed by atoms with Crippen molar-refractivity contribution in [1.82, 2.24) is 4.90 Å². The van der Waals surface area contributed by atoms with Gasteiger partial charge in [0.05, 0.1) is 25.0 Å². The van der Waals surface area contributed by atoms with E-state index in [4.69, 9.17) is 9.88 Å². The van der Waals surface area contributed by atoms with E-state index in [1.807, 2.05) is 0 Å². The van der Waals surface area contributed by atoms with Gasteiger partial charge in [-0.05, 0) is 18.2 Å². The maximum atomic E-state index is 12.2. The van der Waals surface area contributed by atoms with Crippen LogP contribution in [0.5, 0.6) is 5.75 Å². The van der Waals surface area contributed by atoms with E-state index in [1.165, 1.54) is 32.4 Å². The first-order valence-corrected chi connectivity index (χ1v) is 7.41. The van der Waals surface area contributed by atoms with E-state index in [9.17, 15) is 22.0 Å². The number of benzene rings is 1. The molecule has 1 aromatic rings. The van der Waals surface area contributed by atoms with Crippen LogP contribution in [0.3, 0.4) is 0 Å². The zero-order chi connectivity index (χ0) is 16.2. The zero-order valence-corrected chi connectivity index (χ0v) is 12.4. The van der Waals surface area contributed by atoms with Gasteiger partial charge in [-0.1, -0.05) is 0 Å². The number of primary sulfonamides is 1. The molecule has 0 aliphatic carbocycles. The number of rotatable bonds is 6.